The smallest absolute Gasteiger partial charge is 0.251 e. The fourth-order valence-corrected chi connectivity index (χ4v) is 6.07. The maximum absolute atomic E-state index is 13.4. The van der Waals surface area contributed by atoms with E-state index >= 15 is 0 Å². The predicted molar refractivity (Wildman–Crippen MR) is 162 cm³/mol. The zero-order chi connectivity index (χ0) is 26.5. The predicted octanol–water partition coefficient (Wildman–Crippen LogP) is 6.90. The molecule has 2 amide bonds. The summed E-state index contributed by atoms with van der Waals surface area (Å²) >= 11 is 9.48. The van der Waals surface area contributed by atoms with Crippen molar-refractivity contribution < 1.29 is 9.59 Å². The van der Waals surface area contributed by atoms with Crippen LogP contribution in [0.5, 0.6) is 0 Å². The van der Waals surface area contributed by atoms with E-state index in [0.29, 0.717) is 23.0 Å². The Labute approximate surface area is 250 Å². The highest BCUT2D eigenvalue weighted by Gasteiger charge is 2.47. The Balaban J connectivity index is 0.00000353. The lowest BCUT2D eigenvalue weighted by atomic mass is 9.77. The van der Waals surface area contributed by atoms with Gasteiger partial charge in [0.05, 0.1) is 11.5 Å². The zero-order valence-corrected chi connectivity index (χ0v) is 25.0. The van der Waals surface area contributed by atoms with E-state index in [1.807, 2.05) is 35.2 Å². The SMILES string of the molecule is Cl.O=C(NC(CCN1CCC2(CC1)CCN(Cc1ccc(Br)cc1)C2=O)c1ccccc1)c1ccc(Cl)cc1. The van der Waals surface area contributed by atoms with Crippen LogP contribution in [0.1, 0.15) is 53.2 Å². The number of hydrogen-bond acceptors (Lipinski definition) is 3. The highest BCUT2D eigenvalue weighted by Crippen LogP contribution is 2.42. The van der Waals surface area contributed by atoms with E-state index in [9.17, 15) is 9.59 Å². The molecule has 2 aliphatic heterocycles. The fraction of sp³-hybridized carbons (Fsp3) is 0.355. The molecule has 0 radical (unpaired) electrons. The van der Waals surface area contributed by atoms with Gasteiger partial charge in [-0.15, -0.1) is 12.4 Å². The molecule has 8 heteroatoms. The molecule has 206 valence electrons. The third kappa shape index (κ3) is 7.23. The Hall–Kier alpha value is -2.38. The molecule has 1 unspecified atom stereocenters. The van der Waals surface area contributed by atoms with Crippen molar-refractivity contribution in [3.8, 4) is 0 Å². The van der Waals surface area contributed by atoms with Gasteiger partial charge in [0.15, 0.2) is 0 Å². The second kappa shape index (κ2) is 13.3. The maximum atomic E-state index is 13.4. The lowest BCUT2D eigenvalue weighted by molar-refractivity contribution is -0.138. The lowest BCUT2D eigenvalue weighted by Gasteiger charge is -2.38. The van der Waals surface area contributed by atoms with E-state index < -0.39 is 0 Å². The summed E-state index contributed by atoms with van der Waals surface area (Å²) in [6.07, 6.45) is 3.55. The summed E-state index contributed by atoms with van der Waals surface area (Å²) in [5.41, 5.74) is 2.65. The maximum Gasteiger partial charge on any atom is 0.251 e. The van der Waals surface area contributed by atoms with Crippen LogP contribution >= 0.6 is 39.9 Å². The van der Waals surface area contributed by atoms with Crippen molar-refractivity contribution >= 4 is 51.8 Å². The van der Waals surface area contributed by atoms with Crippen LogP contribution in [0.3, 0.4) is 0 Å². The number of hydrogen-bond donors (Lipinski definition) is 1. The average molecular weight is 631 g/mol. The third-order valence-corrected chi connectivity index (χ3v) is 8.83. The first-order chi connectivity index (χ1) is 18.4. The van der Waals surface area contributed by atoms with Gasteiger partial charge in [-0.25, -0.2) is 0 Å². The first-order valence-corrected chi connectivity index (χ1v) is 14.5. The first-order valence-electron chi connectivity index (χ1n) is 13.3. The van der Waals surface area contributed by atoms with Crippen LogP contribution in [0.2, 0.25) is 5.02 Å². The molecule has 0 aromatic heterocycles. The fourth-order valence-electron chi connectivity index (χ4n) is 5.68. The summed E-state index contributed by atoms with van der Waals surface area (Å²) in [7, 11) is 0. The molecule has 5 rings (SSSR count). The summed E-state index contributed by atoms with van der Waals surface area (Å²) in [6, 6.07) is 25.3. The molecular weight excluding hydrogens is 597 g/mol. The van der Waals surface area contributed by atoms with Crippen LogP contribution in [-0.2, 0) is 11.3 Å². The van der Waals surface area contributed by atoms with Crippen molar-refractivity contribution in [3.05, 3.63) is 105 Å². The minimum Gasteiger partial charge on any atom is -0.345 e. The van der Waals surface area contributed by atoms with E-state index in [2.05, 4.69) is 50.4 Å². The molecule has 2 saturated heterocycles. The average Bonchev–Trinajstić information content (AvgIpc) is 3.23. The topological polar surface area (TPSA) is 52.7 Å². The lowest BCUT2D eigenvalue weighted by Crippen LogP contribution is -2.45. The van der Waals surface area contributed by atoms with Crippen molar-refractivity contribution in [1.29, 1.82) is 0 Å². The Kier molecular flexibility index (Phi) is 10.1. The Bertz CT molecular complexity index is 1250. The van der Waals surface area contributed by atoms with Gasteiger partial charge in [-0.1, -0.05) is 70.0 Å². The number of nitrogens with zero attached hydrogens (tertiary/aromatic N) is 2. The monoisotopic (exact) mass is 629 g/mol. The second-order valence-electron chi connectivity index (χ2n) is 10.5. The Morgan fingerprint density at radius 3 is 2.23 bits per heavy atom. The van der Waals surface area contributed by atoms with E-state index in [0.717, 1.165) is 61.9 Å². The van der Waals surface area contributed by atoms with Crippen molar-refractivity contribution in [3.63, 3.8) is 0 Å². The summed E-state index contributed by atoms with van der Waals surface area (Å²) in [6.45, 7) is 4.20. The second-order valence-corrected chi connectivity index (χ2v) is 11.8. The summed E-state index contributed by atoms with van der Waals surface area (Å²) < 4.78 is 1.05. The van der Waals surface area contributed by atoms with Gasteiger partial charge in [-0.05, 0) is 86.3 Å². The molecule has 2 aliphatic rings. The standard InChI is InChI=1S/C31H33BrClN3O2.ClH/c32-26-10-6-23(7-11-26)22-36-21-17-31(30(36)38)15-19-35(20-16-31)18-14-28(24-4-2-1-3-5-24)34-29(37)25-8-12-27(33)13-9-25;/h1-13,28H,14-22H2,(H,34,37);1H. The van der Waals surface area contributed by atoms with Gasteiger partial charge in [-0.2, -0.15) is 0 Å². The molecule has 2 fully saturated rings. The van der Waals surface area contributed by atoms with Gasteiger partial charge >= 0.3 is 0 Å². The number of rotatable bonds is 8. The number of likely N-dealkylation sites (tertiary alicyclic amines) is 2. The molecule has 0 saturated carbocycles. The number of carbonyl (C=O) groups excluding carboxylic acids is 2. The zero-order valence-electron chi connectivity index (χ0n) is 21.8. The third-order valence-electron chi connectivity index (χ3n) is 8.05. The van der Waals surface area contributed by atoms with E-state index in [1.54, 1.807) is 24.3 Å². The molecule has 1 spiro atoms. The molecule has 5 nitrogen and oxygen atoms in total. The largest absolute Gasteiger partial charge is 0.345 e. The molecule has 3 aromatic carbocycles. The molecule has 1 atom stereocenters. The molecule has 39 heavy (non-hydrogen) atoms. The van der Waals surface area contributed by atoms with Gasteiger partial charge in [0, 0.05) is 34.7 Å². The van der Waals surface area contributed by atoms with Crippen LogP contribution in [-0.4, -0.2) is 47.8 Å². The van der Waals surface area contributed by atoms with Crippen LogP contribution in [0.15, 0.2) is 83.3 Å². The quantitative estimate of drug-likeness (QED) is 0.295. The summed E-state index contributed by atoms with van der Waals surface area (Å²) in [4.78, 5) is 30.9. The first kappa shape index (κ1) is 29.6. The molecule has 0 bridgehead atoms. The number of halogens is 3. The van der Waals surface area contributed by atoms with Gasteiger partial charge < -0.3 is 15.1 Å². The Morgan fingerprint density at radius 1 is 0.923 bits per heavy atom. The molecular formula is C31H34BrCl2N3O2. The van der Waals surface area contributed by atoms with Crippen molar-refractivity contribution in [2.24, 2.45) is 5.41 Å². The van der Waals surface area contributed by atoms with E-state index in [-0.39, 0.29) is 29.8 Å². The van der Waals surface area contributed by atoms with Gasteiger partial charge in [-0.3, -0.25) is 9.59 Å². The van der Waals surface area contributed by atoms with Gasteiger partial charge in [0.1, 0.15) is 0 Å². The van der Waals surface area contributed by atoms with Gasteiger partial charge in [0.25, 0.3) is 5.91 Å². The molecule has 1 N–H and O–H groups in total. The number of carbonyl (C=O) groups is 2. The summed E-state index contributed by atoms with van der Waals surface area (Å²) in [5, 5.41) is 3.84. The number of nitrogens with one attached hydrogen (secondary N) is 1. The molecule has 2 heterocycles. The molecule has 0 aliphatic carbocycles. The summed E-state index contributed by atoms with van der Waals surface area (Å²) in [5.74, 6) is 0.216. The minimum atomic E-state index is -0.215. The number of benzene rings is 3. The number of amides is 2. The van der Waals surface area contributed by atoms with Gasteiger partial charge in [0.2, 0.25) is 5.91 Å². The normalized spacial score (nSPS) is 17.6. The van der Waals surface area contributed by atoms with Crippen LogP contribution in [0, 0.1) is 5.41 Å². The van der Waals surface area contributed by atoms with Crippen LogP contribution < -0.4 is 5.32 Å². The number of piperidine rings is 1. The minimum absolute atomic E-state index is 0. The van der Waals surface area contributed by atoms with Crippen LogP contribution in [0.4, 0.5) is 0 Å². The van der Waals surface area contributed by atoms with E-state index in [4.69, 9.17) is 11.6 Å². The van der Waals surface area contributed by atoms with Crippen LogP contribution in [0.25, 0.3) is 0 Å². The highest BCUT2D eigenvalue weighted by atomic mass is 79.9. The highest BCUT2D eigenvalue weighted by molar-refractivity contribution is 9.10. The van der Waals surface area contributed by atoms with Crippen molar-refractivity contribution in [2.75, 3.05) is 26.2 Å². The van der Waals surface area contributed by atoms with Crippen molar-refractivity contribution in [2.45, 2.75) is 38.3 Å². The van der Waals surface area contributed by atoms with E-state index in [1.165, 1.54) is 5.56 Å². The van der Waals surface area contributed by atoms with Crippen molar-refractivity contribution in [1.82, 2.24) is 15.1 Å². The molecule has 3 aromatic rings. The Morgan fingerprint density at radius 2 is 1.56 bits per heavy atom.